The molecule has 0 aliphatic carbocycles. The van der Waals surface area contributed by atoms with Crippen LogP contribution in [0.3, 0.4) is 0 Å². The fourth-order valence-corrected chi connectivity index (χ4v) is 3.67. The van der Waals surface area contributed by atoms with E-state index in [1.54, 1.807) is 36.4 Å². The summed E-state index contributed by atoms with van der Waals surface area (Å²) >= 11 is 0. The summed E-state index contributed by atoms with van der Waals surface area (Å²) in [7, 11) is 0. The smallest absolute Gasteiger partial charge is 0.335 e. The van der Waals surface area contributed by atoms with Crippen molar-refractivity contribution in [1.82, 2.24) is 9.80 Å². The first-order chi connectivity index (χ1) is 14.5. The van der Waals surface area contributed by atoms with Crippen LogP contribution in [0, 0.1) is 0 Å². The van der Waals surface area contributed by atoms with Crippen molar-refractivity contribution in [3.8, 4) is 0 Å². The molecule has 154 valence electrons. The zero-order valence-electron chi connectivity index (χ0n) is 16.4. The van der Waals surface area contributed by atoms with Crippen molar-refractivity contribution in [3.05, 3.63) is 60.2 Å². The average Bonchev–Trinajstić information content (AvgIpc) is 3.36. The molecule has 0 atom stereocenters. The van der Waals surface area contributed by atoms with Crippen LogP contribution in [0.5, 0.6) is 0 Å². The molecular weight excluding hydrogens is 384 g/mol. The molecule has 2 aliphatic heterocycles. The summed E-state index contributed by atoms with van der Waals surface area (Å²) in [6, 6.07) is 15.5. The third kappa shape index (κ3) is 4.03. The van der Waals surface area contributed by atoms with E-state index in [0.717, 1.165) is 29.2 Å². The first kappa shape index (κ1) is 19.6. The summed E-state index contributed by atoms with van der Waals surface area (Å²) in [6.07, 6.45) is 2.35. The Morgan fingerprint density at radius 2 is 1.47 bits per heavy atom. The van der Waals surface area contributed by atoms with Gasteiger partial charge in [0.05, 0.1) is 6.54 Å². The summed E-state index contributed by atoms with van der Waals surface area (Å²) in [5.41, 5.74) is 2.38. The standard InChI is InChI=1S/C22H22N4O4/c27-19(23-17-8-10-18(11-9-17)24-12-4-5-13-24)15-26-21(29)20(28)25(22(26)30)14-16-6-2-1-3-7-16/h1-3,6-11H,4-5,12-15H2,(H,23,27). The van der Waals surface area contributed by atoms with Crippen molar-refractivity contribution >= 4 is 35.1 Å². The molecule has 2 fully saturated rings. The number of nitrogens with zero attached hydrogens (tertiary/aromatic N) is 3. The Kier molecular flexibility index (Phi) is 5.47. The molecule has 2 aromatic rings. The van der Waals surface area contributed by atoms with Gasteiger partial charge in [0.1, 0.15) is 6.54 Å². The number of amides is 5. The van der Waals surface area contributed by atoms with Gasteiger partial charge in [0, 0.05) is 24.5 Å². The number of imide groups is 2. The van der Waals surface area contributed by atoms with Crippen LogP contribution < -0.4 is 10.2 Å². The number of hydrogen-bond donors (Lipinski definition) is 1. The minimum absolute atomic E-state index is 0.0136. The van der Waals surface area contributed by atoms with E-state index in [1.165, 1.54) is 12.8 Å². The summed E-state index contributed by atoms with van der Waals surface area (Å²) in [6.45, 7) is 1.53. The normalized spacial score (nSPS) is 16.5. The van der Waals surface area contributed by atoms with Gasteiger partial charge in [-0.3, -0.25) is 19.3 Å². The number of urea groups is 1. The fourth-order valence-electron chi connectivity index (χ4n) is 3.67. The van der Waals surface area contributed by atoms with Crippen molar-refractivity contribution < 1.29 is 19.2 Å². The van der Waals surface area contributed by atoms with Crippen LogP contribution in [0.25, 0.3) is 0 Å². The van der Waals surface area contributed by atoms with E-state index in [0.29, 0.717) is 10.6 Å². The van der Waals surface area contributed by atoms with Gasteiger partial charge in [0.15, 0.2) is 0 Å². The first-order valence-electron chi connectivity index (χ1n) is 9.89. The van der Waals surface area contributed by atoms with Gasteiger partial charge in [-0.25, -0.2) is 9.69 Å². The second kappa shape index (κ2) is 8.36. The zero-order chi connectivity index (χ0) is 21.1. The molecule has 2 aliphatic rings. The molecule has 1 N–H and O–H groups in total. The topological polar surface area (TPSA) is 90.0 Å². The van der Waals surface area contributed by atoms with Crippen LogP contribution in [0.2, 0.25) is 0 Å². The lowest BCUT2D eigenvalue weighted by atomic mass is 10.2. The Morgan fingerprint density at radius 1 is 0.833 bits per heavy atom. The summed E-state index contributed by atoms with van der Waals surface area (Å²) in [5.74, 6) is -2.46. The predicted molar refractivity (Wildman–Crippen MR) is 111 cm³/mol. The predicted octanol–water partition coefficient (Wildman–Crippen LogP) is 2.22. The monoisotopic (exact) mass is 406 g/mol. The maximum absolute atomic E-state index is 12.5. The second-order valence-electron chi connectivity index (χ2n) is 7.34. The van der Waals surface area contributed by atoms with Crippen molar-refractivity contribution in [2.75, 3.05) is 29.9 Å². The van der Waals surface area contributed by atoms with E-state index in [9.17, 15) is 19.2 Å². The Bertz CT molecular complexity index is 968. The van der Waals surface area contributed by atoms with Crippen LogP contribution >= 0.6 is 0 Å². The quantitative estimate of drug-likeness (QED) is 0.587. The zero-order valence-corrected chi connectivity index (χ0v) is 16.4. The first-order valence-corrected chi connectivity index (χ1v) is 9.89. The highest BCUT2D eigenvalue weighted by atomic mass is 16.2. The molecule has 0 saturated carbocycles. The number of carbonyl (C=O) groups is 4. The Morgan fingerprint density at radius 3 is 2.13 bits per heavy atom. The van der Waals surface area contributed by atoms with Crippen molar-refractivity contribution in [2.45, 2.75) is 19.4 Å². The van der Waals surface area contributed by atoms with Gasteiger partial charge >= 0.3 is 17.8 Å². The molecule has 5 amide bonds. The molecule has 0 bridgehead atoms. The maximum atomic E-state index is 12.5. The Balaban J connectivity index is 1.37. The number of benzene rings is 2. The number of anilines is 2. The van der Waals surface area contributed by atoms with Crippen LogP contribution in [0.15, 0.2) is 54.6 Å². The summed E-state index contributed by atoms with van der Waals surface area (Å²) in [4.78, 5) is 53.2. The molecule has 0 unspecified atom stereocenters. The molecule has 8 heteroatoms. The maximum Gasteiger partial charge on any atom is 0.335 e. The van der Waals surface area contributed by atoms with E-state index in [4.69, 9.17) is 0 Å². The van der Waals surface area contributed by atoms with E-state index in [-0.39, 0.29) is 6.54 Å². The highest BCUT2D eigenvalue weighted by molar-refractivity contribution is 6.45. The molecule has 0 radical (unpaired) electrons. The van der Waals surface area contributed by atoms with Crippen molar-refractivity contribution in [3.63, 3.8) is 0 Å². The third-order valence-electron chi connectivity index (χ3n) is 5.24. The number of carbonyl (C=O) groups excluding carboxylic acids is 4. The number of nitrogens with one attached hydrogen (secondary N) is 1. The van der Waals surface area contributed by atoms with Crippen LogP contribution in [-0.4, -0.2) is 53.2 Å². The van der Waals surface area contributed by atoms with Gasteiger partial charge in [-0.15, -0.1) is 0 Å². The molecule has 30 heavy (non-hydrogen) atoms. The molecule has 4 rings (SSSR count). The molecule has 8 nitrogen and oxygen atoms in total. The van der Waals surface area contributed by atoms with E-state index < -0.39 is 30.3 Å². The lowest BCUT2D eigenvalue weighted by Gasteiger charge is -2.18. The van der Waals surface area contributed by atoms with Gasteiger partial charge in [0.2, 0.25) is 5.91 Å². The van der Waals surface area contributed by atoms with E-state index in [1.807, 2.05) is 18.2 Å². The Labute approximate surface area is 174 Å². The van der Waals surface area contributed by atoms with Crippen molar-refractivity contribution in [1.29, 1.82) is 0 Å². The van der Waals surface area contributed by atoms with E-state index in [2.05, 4.69) is 10.2 Å². The largest absolute Gasteiger partial charge is 0.372 e. The summed E-state index contributed by atoms with van der Waals surface area (Å²) in [5, 5.41) is 2.67. The van der Waals surface area contributed by atoms with Gasteiger partial charge in [-0.1, -0.05) is 30.3 Å². The van der Waals surface area contributed by atoms with Crippen LogP contribution in [0.1, 0.15) is 18.4 Å². The molecule has 0 aromatic heterocycles. The molecule has 0 spiro atoms. The number of rotatable bonds is 6. The SMILES string of the molecule is O=C(CN1C(=O)C(=O)N(Cc2ccccc2)C1=O)Nc1ccc(N2CCCC2)cc1. The summed E-state index contributed by atoms with van der Waals surface area (Å²) < 4.78 is 0. The lowest BCUT2D eigenvalue weighted by molar-refractivity contribution is -0.143. The average molecular weight is 406 g/mol. The molecular formula is C22H22N4O4. The minimum atomic E-state index is -0.990. The number of hydrogen-bond acceptors (Lipinski definition) is 5. The minimum Gasteiger partial charge on any atom is -0.372 e. The van der Waals surface area contributed by atoms with E-state index >= 15 is 0 Å². The van der Waals surface area contributed by atoms with Gasteiger partial charge < -0.3 is 10.2 Å². The molecule has 2 heterocycles. The second-order valence-corrected chi connectivity index (χ2v) is 7.34. The highest BCUT2D eigenvalue weighted by Crippen LogP contribution is 2.22. The lowest BCUT2D eigenvalue weighted by Crippen LogP contribution is -2.38. The van der Waals surface area contributed by atoms with Crippen LogP contribution in [-0.2, 0) is 20.9 Å². The van der Waals surface area contributed by atoms with Crippen molar-refractivity contribution in [2.24, 2.45) is 0 Å². The Hall–Kier alpha value is -3.68. The van der Waals surface area contributed by atoms with Gasteiger partial charge in [0.25, 0.3) is 0 Å². The van der Waals surface area contributed by atoms with Gasteiger partial charge in [-0.05, 0) is 42.7 Å². The fraction of sp³-hybridized carbons (Fsp3) is 0.273. The molecule has 2 saturated heterocycles. The highest BCUT2D eigenvalue weighted by Gasteiger charge is 2.45. The van der Waals surface area contributed by atoms with Crippen LogP contribution in [0.4, 0.5) is 16.2 Å². The molecule has 2 aromatic carbocycles. The van der Waals surface area contributed by atoms with Gasteiger partial charge in [-0.2, -0.15) is 0 Å². The third-order valence-corrected chi connectivity index (χ3v) is 5.24.